The van der Waals surface area contributed by atoms with Gasteiger partial charge in [-0.2, -0.15) is 5.10 Å². The Hall–Kier alpha value is -3.79. The van der Waals surface area contributed by atoms with Crippen LogP contribution in [0.1, 0.15) is 28.5 Å². The lowest BCUT2D eigenvalue weighted by molar-refractivity contribution is -0.386. The highest BCUT2D eigenvalue weighted by atomic mass is 32.1. The van der Waals surface area contributed by atoms with Gasteiger partial charge < -0.3 is 9.73 Å². The molecule has 31 heavy (non-hydrogen) atoms. The summed E-state index contributed by atoms with van der Waals surface area (Å²) in [6.07, 6.45) is 1.58. The molecule has 0 radical (unpaired) electrons. The van der Waals surface area contributed by atoms with Crippen LogP contribution in [0.3, 0.4) is 0 Å². The third kappa shape index (κ3) is 3.84. The highest BCUT2D eigenvalue weighted by molar-refractivity contribution is 7.80. The minimum absolute atomic E-state index is 0.000553. The fourth-order valence-electron chi connectivity index (χ4n) is 3.49. The second kappa shape index (κ2) is 7.80. The Morgan fingerprint density at radius 2 is 2.03 bits per heavy atom. The van der Waals surface area contributed by atoms with E-state index < -0.39 is 4.92 Å². The number of benzene rings is 1. The number of nitrogens with one attached hydrogen (secondary N) is 1. The van der Waals surface area contributed by atoms with Crippen LogP contribution >= 0.6 is 12.2 Å². The molecule has 10 heteroatoms. The average Bonchev–Trinajstić information content (AvgIpc) is 3.33. The molecule has 3 aromatic rings. The maximum Gasteiger partial charge on any atom is 0.312 e. The van der Waals surface area contributed by atoms with Crippen molar-refractivity contribution in [2.45, 2.75) is 27.3 Å². The molecule has 2 aromatic heterocycles. The fourth-order valence-corrected chi connectivity index (χ4v) is 3.79. The van der Waals surface area contributed by atoms with Crippen molar-refractivity contribution in [3.05, 3.63) is 80.7 Å². The summed E-state index contributed by atoms with van der Waals surface area (Å²) in [6, 6.07) is 11.0. The summed E-state index contributed by atoms with van der Waals surface area (Å²) in [6.45, 7) is 5.42. The first-order valence-corrected chi connectivity index (χ1v) is 9.86. The van der Waals surface area contributed by atoms with E-state index in [9.17, 15) is 14.9 Å². The van der Waals surface area contributed by atoms with E-state index in [0.717, 1.165) is 5.56 Å². The largest absolute Gasteiger partial charge is 0.460 e. The van der Waals surface area contributed by atoms with Gasteiger partial charge in [0.1, 0.15) is 28.6 Å². The molecule has 0 atom stereocenters. The van der Waals surface area contributed by atoms with Crippen molar-refractivity contribution >= 4 is 40.7 Å². The van der Waals surface area contributed by atoms with Crippen molar-refractivity contribution in [2.24, 2.45) is 0 Å². The van der Waals surface area contributed by atoms with Gasteiger partial charge in [0.2, 0.25) is 0 Å². The van der Waals surface area contributed by atoms with E-state index in [1.807, 2.05) is 31.2 Å². The predicted octanol–water partition coefficient (Wildman–Crippen LogP) is 3.62. The summed E-state index contributed by atoms with van der Waals surface area (Å²) in [5.74, 6) is 0.731. The number of carbonyl (C=O) groups excluding carboxylic acids is 1. The summed E-state index contributed by atoms with van der Waals surface area (Å²) in [5, 5.41) is 18.6. The van der Waals surface area contributed by atoms with E-state index in [1.165, 1.54) is 9.58 Å². The molecule has 1 aliphatic heterocycles. The van der Waals surface area contributed by atoms with Crippen molar-refractivity contribution < 1.29 is 14.1 Å². The van der Waals surface area contributed by atoms with Gasteiger partial charge >= 0.3 is 5.69 Å². The second-order valence-corrected chi connectivity index (χ2v) is 7.59. The summed E-state index contributed by atoms with van der Waals surface area (Å²) in [4.78, 5) is 25.0. The summed E-state index contributed by atoms with van der Waals surface area (Å²) >= 11 is 5.33. The highest BCUT2D eigenvalue weighted by Crippen LogP contribution is 2.25. The number of amides is 1. The van der Waals surface area contributed by atoms with Gasteiger partial charge in [-0.25, -0.2) is 0 Å². The second-order valence-electron chi connectivity index (χ2n) is 7.21. The molecule has 1 N–H and O–H groups in total. The molecule has 1 amide bonds. The molecule has 0 bridgehead atoms. The average molecular weight is 437 g/mol. The van der Waals surface area contributed by atoms with E-state index in [2.05, 4.69) is 10.4 Å². The molecule has 4 rings (SSSR count). The number of anilines is 1. The molecule has 158 valence electrons. The minimum Gasteiger partial charge on any atom is -0.460 e. The number of thiocarbonyl (C=S) groups is 1. The SMILES string of the molecule is Cc1cccc(N2C(=O)/C(=C\c3ccc(Cn4nc(C)c([N+](=O)[O-])c4C)o3)NC2=S)c1. The van der Waals surface area contributed by atoms with Crippen LogP contribution in [0.4, 0.5) is 11.4 Å². The number of hydrogen-bond acceptors (Lipinski definition) is 6. The van der Waals surface area contributed by atoms with Crippen LogP contribution in [0.5, 0.6) is 0 Å². The van der Waals surface area contributed by atoms with Gasteiger partial charge in [-0.15, -0.1) is 0 Å². The lowest BCUT2D eigenvalue weighted by Gasteiger charge is -2.14. The van der Waals surface area contributed by atoms with Crippen molar-refractivity contribution in [3.8, 4) is 0 Å². The molecule has 3 heterocycles. The topological polar surface area (TPSA) is 106 Å². The van der Waals surface area contributed by atoms with Crippen molar-refractivity contribution in [2.75, 3.05) is 4.90 Å². The van der Waals surface area contributed by atoms with E-state index in [1.54, 1.807) is 32.1 Å². The molecule has 1 aromatic carbocycles. The lowest BCUT2D eigenvalue weighted by atomic mass is 10.2. The van der Waals surface area contributed by atoms with Gasteiger partial charge in [-0.05, 0) is 62.8 Å². The van der Waals surface area contributed by atoms with Gasteiger partial charge in [0.15, 0.2) is 5.11 Å². The van der Waals surface area contributed by atoms with E-state index in [-0.39, 0.29) is 18.1 Å². The number of nitro groups is 1. The Morgan fingerprint density at radius 1 is 1.26 bits per heavy atom. The minimum atomic E-state index is -0.438. The maximum atomic E-state index is 12.9. The zero-order valence-electron chi connectivity index (χ0n) is 17.1. The molecule has 0 aliphatic carbocycles. The lowest BCUT2D eigenvalue weighted by Crippen LogP contribution is -2.30. The van der Waals surface area contributed by atoms with Crippen LogP contribution in [0.15, 0.2) is 46.5 Å². The first-order valence-electron chi connectivity index (χ1n) is 9.45. The molecular weight excluding hydrogens is 418 g/mol. The van der Waals surface area contributed by atoms with E-state index in [4.69, 9.17) is 16.6 Å². The monoisotopic (exact) mass is 437 g/mol. The number of aromatic nitrogens is 2. The maximum absolute atomic E-state index is 12.9. The number of aryl methyl sites for hydroxylation is 2. The summed E-state index contributed by atoms with van der Waals surface area (Å²) in [7, 11) is 0. The predicted molar refractivity (Wildman–Crippen MR) is 119 cm³/mol. The Kier molecular flexibility index (Phi) is 5.15. The number of carbonyl (C=O) groups is 1. The van der Waals surface area contributed by atoms with Crippen LogP contribution < -0.4 is 10.2 Å². The third-order valence-corrected chi connectivity index (χ3v) is 5.22. The summed E-state index contributed by atoms with van der Waals surface area (Å²) < 4.78 is 7.32. The Morgan fingerprint density at radius 3 is 2.71 bits per heavy atom. The van der Waals surface area contributed by atoms with Crippen molar-refractivity contribution in [1.82, 2.24) is 15.1 Å². The van der Waals surface area contributed by atoms with E-state index >= 15 is 0 Å². The zero-order valence-corrected chi connectivity index (χ0v) is 17.9. The third-order valence-electron chi connectivity index (χ3n) is 4.94. The van der Waals surface area contributed by atoms with Crippen molar-refractivity contribution in [3.63, 3.8) is 0 Å². The van der Waals surface area contributed by atoms with Crippen LogP contribution in [0, 0.1) is 30.9 Å². The Bertz CT molecular complexity index is 1260. The van der Waals surface area contributed by atoms with Crippen LogP contribution in [-0.4, -0.2) is 25.7 Å². The van der Waals surface area contributed by atoms with Gasteiger partial charge in [-0.3, -0.25) is 24.5 Å². The number of rotatable bonds is 5. The number of nitrogens with zero attached hydrogens (tertiary/aromatic N) is 4. The smallest absolute Gasteiger partial charge is 0.312 e. The Balaban J connectivity index is 1.55. The fraction of sp³-hybridized carbons (Fsp3) is 0.190. The van der Waals surface area contributed by atoms with Gasteiger partial charge in [0.05, 0.1) is 17.2 Å². The summed E-state index contributed by atoms with van der Waals surface area (Å²) in [5.41, 5.74) is 2.81. The highest BCUT2D eigenvalue weighted by Gasteiger charge is 2.32. The first kappa shape index (κ1) is 20.5. The standard InChI is InChI=1S/C21H19N5O4S/c1-12-5-4-6-15(9-12)25-20(27)18(22-21(25)31)10-16-7-8-17(30-16)11-24-14(3)19(26(28)29)13(2)23-24/h4-10H,11H2,1-3H3,(H,22,31)/b18-10+. The van der Waals surface area contributed by atoms with Gasteiger partial charge in [-0.1, -0.05) is 12.1 Å². The molecule has 1 fully saturated rings. The van der Waals surface area contributed by atoms with Gasteiger partial charge in [0, 0.05) is 6.08 Å². The molecular formula is C21H19N5O4S. The Labute approximate surface area is 183 Å². The van der Waals surface area contributed by atoms with Crippen LogP contribution in [-0.2, 0) is 11.3 Å². The zero-order chi connectivity index (χ0) is 22.3. The van der Waals surface area contributed by atoms with Gasteiger partial charge in [0.25, 0.3) is 5.91 Å². The van der Waals surface area contributed by atoms with Crippen molar-refractivity contribution in [1.29, 1.82) is 0 Å². The molecule has 0 spiro atoms. The molecule has 1 aliphatic rings. The molecule has 9 nitrogen and oxygen atoms in total. The molecule has 0 unspecified atom stereocenters. The number of hydrogen-bond donors (Lipinski definition) is 1. The van der Waals surface area contributed by atoms with Crippen LogP contribution in [0.25, 0.3) is 6.08 Å². The quantitative estimate of drug-likeness (QED) is 0.281. The normalized spacial score (nSPS) is 15.1. The molecule has 1 saturated heterocycles. The van der Waals surface area contributed by atoms with Crippen LogP contribution in [0.2, 0.25) is 0 Å². The number of furan rings is 1. The first-order chi connectivity index (χ1) is 14.7. The van der Waals surface area contributed by atoms with E-state index in [0.29, 0.717) is 39.4 Å². The molecule has 0 saturated carbocycles.